The Hall–Kier alpha value is 0.0300. The molecule has 0 aliphatic heterocycles. The lowest BCUT2D eigenvalue weighted by molar-refractivity contribution is 0.00253. The number of unbranched alkanes of at least 4 members (excludes halogenated alkanes) is 2. The lowest BCUT2D eigenvalue weighted by Gasteiger charge is -2.19. The molecule has 17 heavy (non-hydrogen) atoms. The Morgan fingerprint density at radius 2 is 1.76 bits per heavy atom. The SMILES string of the molecule is CCCCONCC(OCCCC)P(=O)(O)O. The van der Waals surface area contributed by atoms with Gasteiger partial charge in [0, 0.05) is 6.61 Å². The first kappa shape index (κ1) is 17.0. The third-order valence-electron chi connectivity index (χ3n) is 2.14. The summed E-state index contributed by atoms with van der Waals surface area (Å²) in [6, 6.07) is 0. The van der Waals surface area contributed by atoms with Gasteiger partial charge in [0.1, 0.15) is 0 Å². The minimum Gasteiger partial charge on any atom is -0.364 e. The van der Waals surface area contributed by atoms with Crippen LogP contribution >= 0.6 is 7.60 Å². The Balaban J connectivity index is 3.83. The number of hydroxylamine groups is 1. The molecule has 3 N–H and O–H groups in total. The highest BCUT2D eigenvalue weighted by molar-refractivity contribution is 7.52. The van der Waals surface area contributed by atoms with Gasteiger partial charge in [-0.25, -0.2) is 0 Å². The Kier molecular flexibility index (Phi) is 10.0. The van der Waals surface area contributed by atoms with Gasteiger partial charge >= 0.3 is 7.60 Å². The molecule has 0 aromatic heterocycles. The van der Waals surface area contributed by atoms with E-state index in [1.54, 1.807) is 0 Å². The van der Waals surface area contributed by atoms with Crippen molar-refractivity contribution in [2.45, 2.75) is 45.4 Å². The van der Waals surface area contributed by atoms with E-state index in [1.807, 2.05) is 13.8 Å². The molecule has 0 aromatic rings. The zero-order valence-electron chi connectivity index (χ0n) is 10.6. The molecule has 0 fully saturated rings. The summed E-state index contributed by atoms with van der Waals surface area (Å²) in [7, 11) is -4.24. The van der Waals surface area contributed by atoms with Crippen LogP contribution in [-0.4, -0.2) is 35.4 Å². The van der Waals surface area contributed by atoms with Crippen molar-refractivity contribution >= 4 is 7.60 Å². The molecule has 0 spiro atoms. The normalized spacial score (nSPS) is 13.9. The molecule has 1 atom stereocenters. The molecule has 6 nitrogen and oxygen atoms in total. The molecule has 0 saturated heterocycles. The minimum absolute atomic E-state index is 0.00228. The van der Waals surface area contributed by atoms with Crippen LogP contribution in [0.1, 0.15) is 39.5 Å². The van der Waals surface area contributed by atoms with Crippen molar-refractivity contribution in [2.75, 3.05) is 19.8 Å². The second kappa shape index (κ2) is 10.00. The summed E-state index contributed by atoms with van der Waals surface area (Å²) in [6.45, 7) is 4.90. The fourth-order valence-electron chi connectivity index (χ4n) is 1.06. The predicted octanol–water partition coefficient (Wildman–Crippen LogP) is 1.63. The van der Waals surface area contributed by atoms with E-state index >= 15 is 0 Å². The summed E-state index contributed by atoms with van der Waals surface area (Å²) in [4.78, 5) is 23.2. The second-order valence-electron chi connectivity index (χ2n) is 3.82. The van der Waals surface area contributed by atoms with E-state index in [-0.39, 0.29) is 6.54 Å². The van der Waals surface area contributed by atoms with Crippen molar-refractivity contribution in [3.63, 3.8) is 0 Å². The van der Waals surface area contributed by atoms with Crippen molar-refractivity contribution in [1.82, 2.24) is 5.48 Å². The Morgan fingerprint density at radius 1 is 1.18 bits per heavy atom. The number of nitrogens with one attached hydrogen (secondary N) is 1. The molecule has 0 rings (SSSR count). The largest absolute Gasteiger partial charge is 0.364 e. The number of rotatable bonds is 11. The summed E-state index contributed by atoms with van der Waals surface area (Å²) < 4.78 is 16.3. The molecule has 0 bridgehead atoms. The lowest BCUT2D eigenvalue weighted by Crippen LogP contribution is -2.30. The molecule has 0 aliphatic rings. The Bertz CT molecular complexity index is 221. The molecule has 104 valence electrons. The molecule has 0 saturated carbocycles. The maximum atomic E-state index is 11.1. The quantitative estimate of drug-likeness (QED) is 0.300. The lowest BCUT2D eigenvalue weighted by atomic mass is 10.4. The van der Waals surface area contributed by atoms with E-state index in [4.69, 9.17) is 19.4 Å². The van der Waals surface area contributed by atoms with Crippen LogP contribution in [0.3, 0.4) is 0 Å². The van der Waals surface area contributed by atoms with Gasteiger partial charge in [-0.3, -0.25) is 4.57 Å². The van der Waals surface area contributed by atoms with Crippen LogP contribution in [0.2, 0.25) is 0 Å². The van der Waals surface area contributed by atoms with Crippen LogP contribution in [0.25, 0.3) is 0 Å². The monoisotopic (exact) mass is 269 g/mol. The van der Waals surface area contributed by atoms with Crippen LogP contribution in [-0.2, 0) is 14.1 Å². The van der Waals surface area contributed by atoms with Crippen LogP contribution in [0.5, 0.6) is 0 Å². The van der Waals surface area contributed by atoms with E-state index in [2.05, 4.69) is 5.48 Å². The topological polar surface area (TPSA) is 88.0 Å². The van der Waals surface area contributed by atoms with E-state index in [9.17, 15) is 4.57 Å². The van der Waals surface area contributed by atoms with E-state index in [0.29, 0.717) is 13.2 Å². The highest BCUT2D eigenvalue weighted by atomic mass is 31.2. The molecule has 0 radical (unpaired) electrons. The van der Waals surface area contributed by atoms with Gasteiger partial charge in [0.2, 0.25) is 0 Å². The second-order valence-corrected chi connectivity index (χ2v) is 5.57. The molecule has 1 unspecified atom stereocenters. The summed E-state index contributed by atoms with van der Waals surface area (Å²) in [5, 5.41) is 0. The van der Waals surface area contributed by atoms with Gasteiger partial charge in [-0.2, -0.15) is 5.48 Å². The molecule has 0 aromatic carbocycles. The van der Waals surface area contributed by atoms with Gasteiger partial charge in [-0.05, 0) is 12.8 Å². The maximum absolute atomic E-state index is 11.1. The van der Waals surface area contributed by atoms with Crippen molar-refractivity contribution in [3.8, 4) is 0 Å². The standard InChI is InChI=1S/C10H24NO5P/c1-3-5-7-15-10(17(12,13)14)9-11-16-8-6-4-2/h10-11H,3-9H2,1-2H3,(H2,12,13,14). The third kappa shape index (κ3) is 9.71. The van der Waals surface area contributed by atoms with Gasteiger partial charge in [0.25, 0.3) is 0 Å². The first-order chi connectivity index (χ1) is 8.02. The summed E-state index contributed by atoms with van der Waals surface area (Å²) in [6.07, 6.45) is 3.63. The number of ether oxygens (including phenoxy) is 1. The smallest absolute Gasteiger partial charge is 0.355 e. The first-order valence-electron chi connectivity index (χ1n) is 6.03. The fourth-order valence-corrected chi connectivity index (χ4v) is 1.67. The number of hydrogen-bond acceptors (Lipinski definition) is 4. The summed E-state index contributed by atoms with van der Waals surface area (Å²) in [5.41, 5.74) is 2.54. The van der Waals surface area contributed by atoms with E-state index in [1.165, 1.54) is 0 Å². The van der Waals surface area contributed by atoms with Crippen LogP contribution in [0, 0.1) is 0 Å². The summed E-state index contributed by atoms with van der Waals surface area (Å²) in [5.74, 6) is -1.13. The molecular formula is C10H24NO5P. The molecule has 0 amide bonds. The molecule has 7 heteroatoms. The van der Waals surface area contributed by atoms with Gasteiger partial charge in [-0.15, -0.1) is 0 Å². The Labute approximate surface area is 103 Å². The molecule has 0 heterocycles. The highest BCUT2D eigenvalue weighted by Gasteiger charge is 2.29. The zero-order chi connectivity index (χ0) is 13.1. The average molecular weight is 269 g/mol. The molecular weight excluding hydrogens is 245 g/mol. The Morgan fingerprint density at radius 3 is 2.29 bits per heavy atom. The van der Waals surface area contributed by atoms with E-state index < -0.39 is 13.4 Å². The van der Waals surface area contributed by atoms with Crippen LogP contribution in [0.4, 0.5) is 0 Å². The predicted molar refractivity (Wildman–Crippen MR) is 65.6 cm³/mol. The fraction of sp³-hybridized carbons (Fsp3) is 1.00. The maximum Gasteiger partial charge on any atom is 0.355 e. The van der Waals surface area contributed by atoms with Crippen molar-refractivity contribution in [1.29, 1.82) is 0 Å². The highest BCUT2D eigenvalue weighted by Crippen LogP contribution is 2.41. The van der Waals surface area contributed by atoms with E-state index in [0.717, 1.165) is 25.7 Å². The first-order valence-corrected chi connectivity index (χ1v) is 7.72. The average Bonchev–Trinajstić information content (AvgIpc) is 2.25. The van der Waals surface area contributed by atoms with Crippen LogP contribution in [0.15, 0.2) is 0 Å². The van der Waals surface area contributed by atoms with Gasteiger partial charge in [0.05, 0.1) is 13.2 Å². The number of hydrogen-bond donors (Lipinski definition) is 3. The van der Waals surface area contributed by atoms with Gasteiger partial charge < -0.3 is 19.4 Å². The van der Waals surface area contributed by atoms with Crippen molar-refractivity contribution in [3.05, 3.63) is 0 Å². The van der Waals surface area contributed by atoms with Crippen LogP contribution < -0.4 is 5.48 Å². The van der Waals surface area contributed by atoms with Crippen molar-refractivity contribution < 1.29 is 23.9 Å². The van der Waals surface area contributed by atoms with Gasteiger partial charge in [-0.1, -0.05) is 26.7 Å². The molecule has 0 aliphatic carbocycles. The van der Waals surface area contributed by atoms with Gasteiger partial charge in [0.15, 0.2) is 5.85 Å². The zero-order valence-corrected chi connectivity index (χ0v) is 11.5. The summed E-state index contributed by atoms with van der Waals surface area (Å²) >= 11 is 0. The third-order valence-corrected chi connectivity index (χ3v) is 3.23. The minimum atomic E-state index is -4.24. The van der Waals surface area contributed by atoms with Crippen molar-refractivity contribution in [2.24, 2.45) is 0 Å².